The van der Waals surface area contributed by atoms with E-state index in [1.54, 1.807) is 0 Å². The van der Waals surface area contributed by atoms with Crippen molar-refractivity contribution in [1.82, 2.24) is 0 Å². The number of anilines is 1. The lowest BCUT2D eigenvalue weighted by Crippen LogP contribution is -2.26. The van der Waals surface area contributed by atoms with E-state index in [4.69, 9.17) is 15.7 Å². The van der Waals surface area contributed by atoms with Gasteiger partial charge < -0.3 is 20.6 Å². The minimum atomic E-state index is 0.115. The van der Waals surface area contributed by atoms with Crippen LogP contribution in [0, 0.1) is 0 Å². The van der Waals surface area contributed by atoms with Gasteiger partial charge in [-0.2, -0.15) is 0 Å². The third-order valence-electron chi connectivity index (χ3n) is 2.47. The highest BCUT2D eigenvalue weighted by Gasteiger charge is 2.09. The number of benzene rings is 1. The Morgan fingerprint density at radius 1 is 1.47 bits per heavy atom. The summed E-state index contributed by atoms with van der Waals surface area (Å²) in [5.41, 5.74) is 7.27. The van der Waals surface area contributed by atoms with Crippen LogP contribution in [0.25, 0.3) is 0 Å². The summed E-state index contributed by atoms with van der Waals surface area (Å²) >= 11 is 0. The predicted molar refractivity (Wildman–Crippen MR) is 68.7 cm³/mol. The Morgan fingerprint density at radius 3 is 2.82 bits per heavy atom. The molecule has 0 bridgehead atoms. The van der Waals surface area contributed by atoms with Crippen molar-refractivity contribution < 1.29 is 9.94 Å². The van der Waals surface area contributed by atoms with Gasteiger partial charge in [-0.05, 0) is 19.1 Å². The van der Waals surface area contributed by atoms with E-state index in [9.17, 15) is 0 Å². The topological polar surface area (TPSA) is 71.1 Å². The van der Waals surface area contributed by atoms with Crippen LogP contribution in [0.3, 0.4) is 0 Å². The Hall–Kier alpha value is -1.75. The largest absolute Gasteiger partial charge is 0.409 e. The lowest BCUT2D eigenvalue weighted by atomic mass is 10.1. The van der Waals surface area contributed by atoms with Crippen LogP contribution in [0.4, 0.5) is 5.69 Å². The first kappa shape index (κ1) is 13.3. The maximum Gasteiger partial charge on any atom is 0.172 e. The Bertz CT molecular complexity index is 380. The third kappa shape index (κ3) is 3.64. The van der Waals surface area contributed by atoms with Gasteiger partial charge in [0.25, 0.3) is 0 Å². The molecule has 0 atom stereocenters. The summed E-state index contributed by atoms with van der Waals surface area (Å²) in [4.78, 5) is 2.02. The number of nitrogens with two attached hydrogens (primary N) is 1. The van der Waals surface area contributed by atoms with Crippen molar-refractivity contribution in [1.29, 1.82) is 0 Å². The highest BCUT2D eigenvalue weighted by molar-refractivity contribution is 6.02. The van der Waals surface area contributed by atoms with E-state index in [1.807, 2.05) is 43.1 Å². The number of amidine groups is 1. The Labute approximate surface area is 101 Å². The predicted octanol–water partition coefficient (Wildman–Crippen LogP) is 1.25. The second-order valence-corrected chi connectivity index (χ2v) is 3.62. The normalized spacial score (nSPS) is 11.5. The highest BCUT2D eigenvalue weighted by atomic mass is 16.5. The molecule has 5 heteroatoms. The molecule has 0 aliphatic carbocycles. The zero-order valence-corrected chi connectivity index (χ0v) is 10.3. The fraction of sp³-hybridized carbons (Fsp3) is 0.417. The molecule has 0 aliphatic heterocycles. The number of hydrogen-bond donors (Lipinski definition) is 2. The van der Waals surface area contributed by atoms with Crippen LogP contribution in [0.5, 0.6) is 0 Å². The van der Waals surface area contributed by atoms with Gasteiger partial charge in [0.15, 0.2) is 5.84 Å². The second-order valence-electron chi connectivity index (χ2n) is 3.62. The zero-order valence-electron chi connectivity index (χ0n) is 10.3. The van der Waals surface area contributed by atoms with E-state index in [0.29, 0.717) is 18.8 Å². The number of para-hydroxylation sites is 1. The maximum atomic E-state index is 8.73. The average Bonchev–Trinajstić information content (AvgIpc) is 2.38. The number of oxime groups is 1. The summed E-state index contributed by atoms with van der Waals surface area (Å²) < 4.78 is 5.30. The first-order chi connectivity index (χ1) is 8.20. The van der Waals surface area contributed by atoms with Crippen LogP contribution in [0.2, 0.25) is 0 Å². The van der Waals surface area contributed by atoms with Gasteiger partial charge in [0.1, 0.15) is 0 Å². The SMILES string of the molecule is CCOCCN(C)c1ccccc1/C(N)=N/O. The van der Waals surface area contributed by atoms with Crippen LogP contribution >= 0.6 is 0 Å². The van der Waals surface area contributed by atoms with Crippen LogP contribution in [-0.4, -0.2) is 37.8 Å². The summed E-state index contributed by atoms with van der Waals surface area (Å²) in [5.74, 6) is 0.115. The maximum absolute atomic E-state index is 8.73. The number of hydrogen-bond acceptors (Lipinski definition) is 4. The molecule has 0 heterocycles. The van der Waals surface area contributed by atoms with E-state index >= 15 is 0 Å². The standard InChI is InChI=1S/C12H19N3O2/c1-3-17-9-8-15(2)11-7-5-4-6-10(11)12(13)14-16/h4-7,16H,3,8-9H2,1-2H3,(H2,13,14). The number of rotatable bonds is 6. The molecular formula is C12H19N3O2. The monoisotopic (exact) mass is 237 g/mol. The molecule has 1 aromatic carbocycles. The smallest absolute Gasteiger partial charge is 0.172 e. The van der Waals surface area contributed by atoms with Gasteiger partial charge in [-0.3, -0.25) is 0 Å². The molecule has 3 N–H and O–H groups in total. The summed E-state index contributed by atoms with van der Waals surface area (Å²) in [7, 11) is 1.95. The molecule has 0 unspecified atom stereocenters. The Morgan fingerprint density at radius 2 is 2.18 bits per heavy atom. The second kappa shape index (κ2) is 6.75. The number of nitrogens with zero attached hydrogens (tertiary/aromatic N) is 2. The van der Waals surface area contributed by atoms with E-state index < -0.39 is 0 Å². The molecule has 0 radical (unpaired) electrons. The molecule has 1 rings (SSSR count). The quantitative estimate of drug-likeness (QED) is 0.257. The van der Waals surface area contributed by atoms with Gasteiger partial charge in [0, 0.05) is 31.5 Å². The lowest BCUT2D eigenvalue weighted by molar-refractivity contribution is 0.154. The molecule has 5 nitrogen and oxygen atoms in total. The van der Waals surface area contributed by atoms with Crippen LogP contribution in [0.15, 0.2) is 29.4 Å². The van der Waals surface area contributed by atoms with E-state index in [-0.39, 0.29) is 5.84 Å². The van der Waals surface area contributed by atoms with Crippen molar-refractivity contribution in [2.45, 2.75) is 6.92 Å². The van der Waals surface area contributed by atoms with Gasteiger partial charge >= 0.3 is 0 Å². The van der Waals surface area contributed by atoms with Gasteiger partial charge in [-0.25, -0.2) is 0 Å². The van der Waals surface area contributed by atoms with Gasteiger partial charge in [0.2, 0.25) is 0 Å². The Kier molecular flexibility index (Phi) is 5.29. The minimum Gasteiger partial charge on any atom is -0.409 e. The molecule has 0 aliphatic rings. The van der Waals surface area contributed by atoms with Crippen molar-refractivity contribution in [3.8, 4) is 0 Å². The summed E-state index contributed by atoms with van der Waals surface area (Å²) in [5, 5.41) is 11.8. The molecule has 0 saturated carbocycles. The molecular weight excluding hydrogens is 218 g/mol. The Balaban J connectivity index is 2.82. The van der Waals surface area contributed by atoms with Gasteiger partial charge in [0.05, 0.1) is 6.61 Å². The molecule has 0 amide bonds. The van der Waals surface area contributed by atoms with Crippen molar-refractivity contribution in [2.24, 2.45) is 10.9 Å². The summed E-state index contributed by atoms with van der Waals surface area (Å²) in [6.45, 7) is 4.07. The first-order valence-corrected chi connectivity index (χ1v) is 5.56. The zero-order chi connectivity index (χ0) is 12.7. The van der Waals surface area contributed by atoms with E-state index in [1.165, 1.54) is 0 Å². The molecule has 0 saturated heterocycles. The van der Waals surface area contributed by atoms with Crippen LogP contribution in [0.1, 0.15) is 12.5 Å². The molecule has 0 spiro atoms. The molecule has 0 fully saturated rings. The van der Waals surface area contributed by atoms with Gasteiger partial charge in [-0.15, -0.1) is 0 Å². The van der Waals surface area contributed by atoms with E-state index in [2.05, 4.69) is 5.16 Å². The van der Waals surface area contributed by atoms with Crippen molar-refractivity contribution in [3.63, 3.8) is 0 Å². The van der Waals surface area contributed by atoms with Crippen molar-refractivity contribution in [3.05, 3.63) is 29.8 Å². The minimum absolute atomic E-state index is 0.115. The summed E-state index contributed by atoms with van der Waals surface area (Å²) in [6.07, 6.45) is 0. The van der Waals surface area contributed by atoms with Crippen molar-refractivity contribution in [2.75, 3.05) is 31.7 Å². The van der Waals surface area contributed by atoms with E-state index in [0.717, 1.165) is 12.2 Å². The first-order valence-electron chi connectivity index (χ1n) is 5.56. The fourth-order valence-electron chi connectivity index (χ4n) is 1.54. The number of ether oxygens (including phenoxy) is 1. The van der Waals surface area contributed by atoms with Crippen LogP contribution < -0.4 is 10.6 Å². The average molecular weight is 237 g/mol. The van der Waals surface area contributed by atoms with Crippen LogP contribution in [-0.2, 0) is 4.74 Å². The van der Waals surface area contributed by atoms with Crippen molar-refractivity contribution >= 4 is 11.5 Å². The van der Waals surface area contributed by atoms with Gasteiger partial charge in [-0.1, -0.05) is 17.3 Å². The third-order valence-corrected chi connectivity index (χ3v) is 2.47. The molecule has 94 valence electrons. The fourth-order valence-corrected chi connectivity index (χ4v) is 1.54. The molecule has 17 heavy (non-hydrogen) atoms. The molecule has 1 aromatic rings. The highest BCUT2D eigenvalue weighted by Crippen LogP contribution is 2.18. The number of likely N-dealkylation sites (N-methyl/N-ethyl adjacent to an activating group) is 1. The lowest BCUT2D eigenvalue weighted by Gasteiger charge is -2.21. The molecule has 0 aromatic heterocycles. The summed E-state index contributed by atoms with van der Waals surface area (Å²) in [6, 6.07) is 7.52.